The topological polar surface area (TPSA) is 29.1 Å². The Labute approximate surface area is 93.4 Å². The second-order valence-corrected chi connectivity index (χ2v) is 6.68. The second-order valence-electron chi connectivity index (χ2n) is 4.79. The van der Waals surface area contributed by atoms with Gasteiger partial charge in [-0.1, -0.05) is 30.3 Å². The number of hydrogen-bond acceptors (Lipinski definition) is 2. The summed E-state index contributed by atoms with van der Waals surface area (Å²) in [6.45, 7) is 2.15. The van der Waals surface area contributed by atoms with E-state index in [2.05, 4.69) is 5.32 Å². The van der Waals surface area contributed by atoms with Gasteiger partial charge in [-0.05, 0) is 5.75 Å². The molecular weight excluding hydrogens is 206 g/mol. The SMILES string of the molecule is O=C(c1ccccc1)C1[SH4]CC12CNC2. The standard InChI is InChI=1S/C12H17NOS/c14-10(9-4-2-1-3-5-9)11-12(8-15-11)6-13-7-12/h1-5,11,13H,6-8H2,15H4. The normalized spacial score (nSPS) is 27.3. The van der Waals surface area contributed by atoms with Crippen LogP contribution in [0.5, 0.6) is 0 Å². The van der Waals surface area contributed by atoms with Gasteiger partial charge in [-0.2, -0.15) is 0 Å². The van der Waals surface area contributed by atoms with Crippen molar-refractivity contribution >= 4 is 17.5 Å². The van der Waals surface area contributed by atoms with Crippen molar-refractivity contribution in [2.75, 3.05) is 18.8 Å². The number of rotatable bonds is 2. The molecule has 3 heteroatoms. The zero-order valence-corrected chi connectivity index (χ0v) is 10.1. The highest BCUT2D eigenvalue weighted by Gasteiger charge is 2.52. The van der Waals surface area contributed by atoms with Crippen LogP contribution in [0.3, 0.4) is 0 Å². The van der Waals surface area contributed by atoms with E-state index in [9.17, 15) is 4.79 Å². The Bertz CT molecular complexity index is 380. The first kappa shape index (κ1) is 9.43. The molecule has 15 heavy (non-hydrogen) atoms. The molecule has 2 nitrogen and oxygen atoms in total. The maximum Gasteiger partial charge on any atom is 0.172 e. The average molecular weight is 223 g/mol. The van der Waals surface area contributed by atoms with Gasteiger partial charge in [-0.25, -0.2) is 0 Å². The Morgan fingerprint density at radius 2 is 2.07 bits per heavy atom. The van der Waals surface area contributed by atoms with E-state index in [1.54, 1.807) is 0 Å². The lowest BCUT2D eigenvalue weighted by Gasteiger charge is -2.57. The van der Waals surface area contributed by atoms with Gasteiger partial charge in [0.1, 0.15) is 0 Å². The Balaban J connectivity index is 1.81. The fraction of sp³-hybridized carbons (Fsp3) is 0.417. The molecule has 0 radical (unpaired) electrons. The van der Waals surface area contributed by atoms with Crippen molar-refractivity contribution in [1.82, 2.24) is 5.32 Å². The van der Waals surface area contributed by atoms with Gasteiger partial charge in [-0.3, -0.25) is 16.6 Å². The van der Waals surface area contributed by atoms with Crippen LogP contribution in [0.15, 0.2) is 30.3 Å². The Kier molecular flexibility index (Phi) is 2.11. The minimum atomic E-state index is -0.126. The van der Waals surface area contributed by atoms with Crippen molar-refractivity contribution in [3.05, 3.63) is 35.9 Å². The van der Waals surface area contributed by atoms with Crippen molar-refractivity contribution in [3.63, 3.8) is 0 Å². The van der Waals surface area contributed by atoms with Crippen LogP contribution in [-0.2, 0) is 0 Å². The molecule has 2 aliphatic heterocycles. The molecule has 1 unspecified atom stereocenters. The maximum absolute atomic E-state index is 12.2. The lowest BCUT2D eigenvalue weighted by molar-refractivity contribution is 0.0858. The molecule has 0 aliphatic carbocycles. The van der Waals surface area contributed by atoms with E-state index in [-0.39, 0.29) is 11.8 Å². The summed E-state index contributed by atoms with van der Waals surface area (Å²) in [5.74, 6) is 1.78. The molecule has 2 heterocycles. The molecule has 2 saturated heterocycles. The number of nitrogens with one attached hydrogen (secondary N) is 1. The first-order chi connectivity index (χ1) is 7.32. The van der Waals surface area contributed by atoms with Crippen LogP contribution < -0.4 is 5.32 Å². The van der Waals surface area contributed by atoms with Gasteiger partial charge in [-0.15, -0.1) is 0 Å². The molecule has 1 aromatic rings. The van der Waals surface area contributed by atoms with Crippen LogP contribution in [0.2, 0.25) is 0 Å². The smallest absolute Gasteiger partial charge is 0.172 e. The third-order valence-corrected chi connectivity index (χ3v) is 7.10. The highest BCUT2D eigenvalue weighted by atomic mass is 32.2. The van der Waals surface area contributed by atoms with E-state index in [4.69, 9.17) is 0 Å². The molecule has 2 aliphatic rings. The molecule has 1 aromatic carbocycles. The molecule has 2 fully saturated rings. The third kappa shape index (κ3) is 1.34. The van der Waals surface area contributed by atoms with Gasteiger partial charge in [0.25, 0.3) is 0 Å². The van der Waals surface area contributed by atoms with Crippen molar-refractivity contribution < 1.29 is 4.79 Å². The largest absolute Gasteiger partial charge is 0.315 e. The highest BCUT2D eigenvalue weighted by Crippen LogP contribution is 2.49. The molecular formula is C12H17NOS. The van der Waals surface area contributed by atoms with E-state index in [1.807, 2.05) is 30.3 Å². The number of ketones is 1. The number of carbonyl (C=O) groups excluding carboxylic acids is 1. The minimum absolute atomic E-state index is 0.126. The fourth-order valence-corrected chi connectivity index (χ4v) is 5.31. The number of hydrogen-bond donors (Lipinski definition) is 1. The molecule has 0 bridgehead atoms. The molecule has 1 atom stereocenters. The van der Waals surface area contributed by atoms with Crippen LogP contribution in [0, 0.1) is 5.41 Å². The van der Waals surface area contributed by atoms with Gasteiger partial charge >= 0.3 is 0 Å². The van der Waals surface area contributed by atoms with Crippen molar-refractivity contribution in [3.8, 4) is 0 Å². The molecule has 1 spiro atoms. The van der Waals surface area contributed by atoms with Gasteiger partial charge in [0.05, 0.1) is 0 Å². The van der Waals surface area contributed by atoms with Crippen molar-refractivity contribution in [2.45, 2.75) is 5.25 Å². The summed E-state index contributed by atoms with van der Waals surface area (Å²) in [4.78, 5) is 12.2. The van der Waals surface area contributed by atoms with E-state index in [0.717, 1.165) is 18.7 Å². The summed E-state index contributed by atoms with van der Waals surface area (Å²) in [5.41, 5.74) is 1.31. The number of carbonyl (C=O) groups is 1. The predicted octanol–water partition coefficient (Wildman–Crippen LogP) is 0.504. The van der Waals surface area contributed by atoms with Crippen molar-refractivity contribution in [2.24, 2.45) is 5.41 Å². The van der Waals surface area contributed by atoms with E-state index >= 15 is 0 Å². The maximum atomic E-state index is 12.2. The third-order valence-electron chi connectivity index (χ3n) is 4.00. The highest BCUT2D eigenvalue weighted by molar-refractivity contribution is 8.02. The predicted molar refractivity (Wildman–Crippen MR) is 67.9 cm³/mol. The first-order valence-corrected chi connectivity index (χ1v) is 7.43. The van der Waals surface area contributed by atoms with Gasteiger partial charge in [0.2, 0.25) is 0 Å². The number of benzene rings is 1. The molecule has 3 rings (SSSR count). The molecule has 0 amide bonds. The minimum Gasteiger partial charge on any atom is -0.315 e. The summed E-state index contributed by atoms with van der Waals surface area (Å²) < 4.78 is 0. The molecule has 82 valence electrons. The van der Waals surface area contributed by atoms with Gasteiger partial charge in [0.15, 0.2) is 5.78 Å². The van der Waals surface area contributed by atoms with Crippen molar-refractivity contribution in [1.29, 1.82) is 0 Å². The zero-order valence-electron chi connectivity index (χ0n) is 8.70. The lowest BCUT2D eigenvalue weighted by atomic mass is 9.76. The van der Waals surface area contributed by atoms with Crippen LogP contribution in [-0.4, -0.2) is 29.9 Å². The number of Topliss-reactive ketones (excluding diaryl/α,β-unsaturated/α-hetero) is 1. The lowest BCUT2D eigenvalue weighted by Crippen LogP contribution is -2.67. The summed E-state index contributed by atoms with van der Waals surface area (Å²) >= 11 is -0.126. The van der Waals surface area contributed by atoms with Crippen LogP contribution >= 0.6 is 11.8 Å². The van der Waals surface area contributed by atoms with E-state index in [0.29, 0.717) is 16.4 Å². The fourth-order valence-electron chi connectivity index (χ4n) is 2.78. The summed E-state index contributed by atoms with van der Waals surface area (Å²) in [6.07, 6.45) is 0. The van der Waals surface area contributed by atoms with Crippen LogP contribution in [0.1, 0.15) is 10.4 Å². The molecule has 0 saturated carbocycles. The Morgan fingerprint density at radius 3 is 2.53 bits per heavy atom. The first-order valence-electron chi connectivity index (χ1n) is 5.62. The quantitative estimate of drug-likeness (QED) is 0.740. The van der Waals surface area contributed by atoms with E-state index in [1.165, 1.54) is 5.75 Å². The molecule has 0 aromatic heterocycles. The van der Waals surface area contributed by atoms with Gasteiger partial charge in [0, 0.05) is 29.3 Å². The summed E-state index contributed by atoms with van der Waals surface area (Å²) in [6, 6.07) is 9.79. The monoisotopic (exact) mass is 223 g/mol. The summed E-state index contributed by atoms with van der Waals surface area (Å²) in [5, 5.41) is 3.73. The average Bonchev–Trinajstić information content (AvgIpc) is 2.15. The zero-order chi connectivity index (χ0) is 10.3. The second kappa shape index (κ2) is 3.35. The van der Waals surface area contributed by atoms with Crippen LogP contribution in [0.25, 0.3) is 0 Å². The molecule has 1 N–H and O–H groups in total. The Morgan fingerprint density at radius 1 is 1.33 bits per heavy atom. The summed E-state index contributed by atoms with van der Waals surface area (Å²) in [7, 11) is 0. The van der Waals surface area contributed by atoms with Crippen LogP contribution in [0.4, 0.5) is 0 Å². The Hall–Kier alpha value is -0.800. The van der Waals surface area contributed by atoms with E-state index < -0.39 is 0 Å². The van der Waals surface area contributed by atoms with Gasteiger partial charge < -0.3 is 5.32 Å².